The average molecular weight is 153 g/mol. The molecule has 1 atom stereocenters. The minimum absolute atomic E-state index is 0.316. The molecule has 1 fully saturated rings. The lowest BCUT2D eigenvalue weighted by Gasteiger charge is -2.28. The first-order valence-corrected chi connectivity index (χ1v) is 3.67. The Hall–Kier alpha value is -1.01. The average Bonchev–Trinajstić information content (AvgIpc) is 2.03. The highest BCUT2D eigenvalue weighted by Crippen LogP contribution is 2.08. The van der Waals surface area contributed by atoms with Crippen molar-refractivity contribution >= 4 is 5.91 Å². The zero-order valence-electron chi connectivity index (χ0n) is 6.29. The fourth-order valence-corrected chi connectivity index (χ4v) is 1.23. The molecular weight excluding hydrogens is 142 g/mol. The molecule has 11 heavy (non-hydrogen) atoms. The molecular formula is C8H11NO2. The van der Waals surface area contributed by atoms with Gasteiger partial charge in [0, 0.05) is 13.1 Å². The predicted octanol–water partition coefficient (Wildman–Crippen LogP) is -0.397. The zero-order valence-corrected chi connectivity index (χ0v) is 6.29. The lowest BCUT2D eigenvalue weighted by atomic mass is 10.1. The number of hydrogen-bond donors (Lipinski definition) is 1. The fourth-order valence-electron chi connectivity index (χ4n) is 1.23. The number of terminal acetylenes is 1. The summed E-state index contributed by atoms with van der Waals surface area (Å²) >= 11 is 0. The maximum absolute atomic E-state index is 10.9. The summed E-state index contributed by atoms with van der Waals surface area (Å²) in [6, 6.07) is 0. The molecule has 1 rings (SSSR count). The van der Waals surface area contributed by atoms with Gasteiger partial charge in [0.25, 0.3) is 5.91 Å². The second kappa shape index (κ2) is 3.40. The molecule has 0 bridgehead atoms. The van der Waals surface area contributed by atoms with E-state index in [1.54, 1.807) is 0 Å². The first-order chi connectivity index (χ1) is 5.24. The molecule has 0 aromatic carbocycles. The number of rotatable bonds is 0. The van der Waals surface area contributed by atoms with E-state index in [2.05, 4.69) is 0 Å². The van der Waals surface area contributed by atoms with Crippen molar-refractivity contribution in [2.24, 2.45) is 0 Å². The van der Waals surface area contributed by atoms with Crippen molar-refractivity contribution in [3.63, 3.8) is 0 Å². The Balaban J connectivity index is 2.47. The van der Waals surface area contributed by atoms with Gasteiger partial charge < -0.3 is 10.0 Å². The van der Waals surface area contributed by atoms with E-state index in [1.165, 1.54) is 4.90 Å². The van der Waals surface area contributed by atoms with Crippen LogP contribution in [-0.4, -0.2) is 35.1 Å². The molecule has 1 aliphatic heterocycles. The molecule has 3 heteroatoms. The molecule has 0 aromatic heterocycles. The number of nitrogens with zero attached hydrogens (tertiary/aromatic N) is 1. The number of hydrogen-bond acceptors (Lipinski definition) is 2. The van der Waals surface area contributed by atoms with E-state index in [9.17, 15) is 4.79 Å². The molecule has 1 unspecified atom stereocenters. The van der Waals surface area contributed by atoms with Crippen LogP contribution in [0.4, 0.5) is 0 Å². The van der Waals surface area contributed by atoms with Crippen LogP contribution in [0.15, 0.2) is 0 Å². The van der Waals surface area contributed by atoms with Crippen molar-refractivity contribution in [1.29, 1.82) is 0 Å². The standard InChI is InChI=1S/C8H11NO2/c1-2-8(11)9-5-3-4-7(10)6-9/h1,7,10H,3-6H2. The van der Waals surface area contributed by atoms with Crippen LogP contribution in [-0.2, 0) is 4.79 Å². The van der Waals surface area contributed by atoms with Gasteiger partial charge in [-0.1, -0.05) is 0 Å². The summed E-state index contributed by atoms with van der Waals surface area (Å²) in [5.74, 6) is 1.72. The Morgan fingerprint density at radius 1 is 1.73 bits per heavy atom. The fraction of sp³-hybridized carbons (Fsp3) is 0.625. The monoisotopic (exact) mass is 153 g/mol. The van der Waals surface area contributed by atoms with Gasteiger partial charge in [0.2, 0.25) is 0 Å². The zero-order chi connectivity index (χ0) is 8.27. The molecule has 1 saturated heterocycles. The molecule has 0 aliphatic carbocycles. The van der Waals surface area contributed by atoms with Crippen LogP contribution in [0.3, 0.4) is 0 Å². The molecule has 60 valence electrons. The molecule has 0 saturated carbocycles. The first-order valence-electron chi connectivity index (χ1n) is 3.67. The Labute approximate surface area is 66.0 Å². The minimum atomic E-state index is -0.388. The van der Waals surface area contributed by atoms with Crippen molar-refractivity contribution in [1.82, 2.24) is 4.90 Å². The molecule has 1 N–H and O–H groups in total. The van der Waals surface area contributed by atoms with Gasteiger partial charge in [-0.2, -0.15) is 0 Å². The second-order valence-corrected chi connectivity index (χ2v) is 2.69. The number of piperidine rings is 1. The Bertz CT molecular complexity index is 195. The summed E-state index contributed by atoms with van der Waals surface area (Å²) < 4.78 is 0. The highest BCUT2D eigenvalue weighted by molar-refractivity contribution is 5.92. The molecule has 1 heterocycles. The number of carbonyl (C=O) groups is 1. The number of amides is 1. The maximum atomic E-state index is 10.9. The van der Waals surface area contributed by atoms with Crippen molar-refractivity contribution < 1.29 is 9.90 Å². The van der Waals surface area contributed by atoms with Crippen LogP contribution < -0.4 is 0 Å². The van der Waals surface area contributed by atoms with E-state index in [4.69, 9.17) is 11.5 Å². The maximum Gasteiger partial charge on any atom is 0.298 e. The topological polar surface area (TPSA) is 40.5 Å². The summed E-state index contributed by atoms with van der Waals surface area (Å²) in [5, 5.41) is 9.16. The van der Waals surface area contributed by atoms with E-state index in [0.29, 0.717) is 13.1 Å². The van der Waals surface area contributed by atoms with Gasteiger partial charge in [0.15, 0.2) is 0 Å². The van der Waals surface area contributed by atoms with Crippen LogP contribution in [0, 0.1) is 12.3 Å². The largest absolute Gasteiger partial charge is 0.391 e. The van der Waals surface area contributed by atoms with E-state index in [1.807, 2.05) is 5.92 Å². The molecule has 0 radical (unpaired) electrons. The smallest absolute Gasteiger partial charge is 0.298 e. The van der Waals surface area contributed by atoms with Crippen molar-refractivity contribution in [3.05, 3.63) is 0 Å². The third-order valence-corrected chi connectivity index (χ3v) is 1.81. The van der Waals surface area contributed by atoms with Gasteiger partial charge in [-0.05, 0) is 18.8 Å². The summed E-state index contributed by atoms with van der Waals surface area (Å²) in [6.07, 6.45) is 6.15. The van der Waals surface area contributed by atoms with Crippen molar-refractivity contribution in [2.45, 2.75) is 18.9 Å². The molecule has 3 nitrogen and oxygen atoms in total. The normalized spacial score (nSPS) is 24.4. The first kappa shape index (κ1) is 8.09. The summed E-state index contributed by atoms with van der Waals surface area (Å²) in [5.41, 5.74) is 0. The highest BCUT2D eigenvalue weighted by Gasteiger charge is 2.20. The van der Waals surface area contributed by atoms with E-state index in [-0.39, 0.29) is 12.0 Å². The lowest BCUT2D eigenvalue weighted by molar-refractivity contribution is -0.128. The van der Waals surface area contributed by atoms with Gasteiger partial charge in [-0.25, -0.2) is 0 Å². The number of carbonyl (C=O) groups excluding carboxylic acids is 1. The Kier molecular flexibility index (Phi) is 2.50. The quantitative estimate of drug-likeness (QED) is 0.481. The number of likely N-dealkylation sites (tertiary alicyclic amines) is 1. The van der Waals surface area contributed by atoms with E-state index < -0.39 is 0 Å². The van der Waals surface area contributed by atoms with Crippen LogP contribution in [0.25, 0.3) is 0 Å². The number of aliphatic hydroxyl groups is 1. The van der Waals surface area contributed by atoms with Crippen molar-refractivity contribution in [2.75, 3.05) is 13.1 Å². The minimum Gasteiger partial charge on any atom is -0.391 e. The van der Waals surface area contributed by atoms with Gasteiger partial charge in [0.05, 0.1) is 6.10 Å². The van der Waals surface area contributed by atoms with Crippen molar-refractivity contribution in [3.8, 4) is 12.3 Å². The van der Waals surface area contributed by atoms with E-state index in [0.717, 1.165) is 12.8 Å². The van der Waals surface area contributed by atoms with Gasteiger partial charge in [0.1, 0.15) is 0 Å². The van der Waals surface area contributed by atoms with Crippen LogP contribution in [0.5, 0.6) is 0 Å². The number of aliphatic hydroxyl groups excluding tert-OH is 1. The van der Waals surface area contributed by atoms with Gasteiger partial charge in [-0.15, -0.1) is 6.42 Å². The van der Waals surface area contributed by atoms with Crippen LogP contribution in [0.1, 0.15) is 12.8 Å². The van der Waals surface area contributed by atoms with Crippen LogP contribution in [0.2, 0.25) is 0 Å². The van der Waals surface area contributed by atoms with Gasteiger partial charge >= 0.3 is 0 Å². The second-order valence-electron chi connectivity index (χ2n) is 2.69. The van der Waals surface area contributed by atoms with Gasteiger partial charge in [-0.3, -0.25) is 4.79 Å². The summed E-state index contributed by atoms with van der Waals surface area (Å²) in [4.78, 5) is 12.4. The molecule has 1 aliphatic rings. The predicted molar refractivity (Wildman–Crippen MR) is 40.7 cm³/mol. The third-order valence-electron chi connectivity index (χ3n) is 1.81. The third kappa shape index (κ3) is 1.95. The molecule has 0 spiro atoms. The highest BCUT2D eigenvalue weighted by atomic mass is 16.3. The summed E-state index contributed by atoms with van der Waals surface area (Å²) in [7, 11) is 0. The molecule has 0 aromatic rings. The Morgan fingerprint density at radius 3 is 3.00 bits per heavy atom. The van der Waals surface area contributed by atoms with E-state index >= 15 is 0 Å². The Morgan fingerprint density at radius 2 is 2.45 bits per heavy atom. The number of β-amino-alcohol motifs (C(OH)–C–C–N with tert-alkyl or cyclic N) is 1. The molecule has 1 amide bonds. The lowest BCUT2D eigenvalue weighted by Crippen LogP contribution is -2.41. The summed E-state index contributed by atoms with van der Waals surface area (Å²) in [6.45, 7) is 1.07. The SMILES string of the molecule is C#CC(=O)N1CCCC(O)C1. The van der Waals surface area contributed by atoms with Crippen LogP contribution >= 0.6 is 0 Å².